The Morgan fingerprint density at radius 1 is 0.750 bits per heavy atom. The van der Waals surface area contributed by atoms with Gasteiger partial charge in [-0.1, -0.05) is 59.3 Å². The van der Waals surface area contributed by atoms with Crippen LogP contribution in [0, 0.1) is 5.92 Å². The summed E-state index contributed by atoms with van der Waals surface area (Å²) in [7, 11) is 0. The number of aliphatic hydroxyl groups excluding tert-OH is 2. The minimum absolute atomic E-state index is 0.509. The topological polar surface area (TPSA) is 40.5 Å². The highest BCUT2D eigenvalue weighted by Crippen LogP contribution is 2.14. The number of rotatable bonds is 10. The van der Waals surface area contributed by atoms with Crippen LogP contribution in [0.5, 0.6) is 0 Å². The van der Waals surface area contributed by atoms with Crippen molar-refractivity contribution in [2.75, 3.05) is 0 Å². The molecule has 98 valence electrons. The zero-order chi connectivity index (χ0) is 12.4. The highest BCUT2D eigenvalue weighted by molar-refractivity contribution is 4.67. The van der Waals surface area contributed by atoms with Gasteiger partial charge in [0.1, 0.15) is 0 Å². The first kappa shape index (κ1) is 15.9. The van der Waals surface area contributed by atoms with Crippen molar-refractivity contribution in [1.82, 2.24) is 0 Å². The summed E-state index contributed by atoms with van der Waals surface area (Å²) in [5, 5.41) is 19.4. The van der Waals surface area contributed by atoms with Crippen LogP contribution in [0.2, 0.25) is 0 Å². The Labute approximate surface area is 101 Å². The second kappa shape index (κ2) is 10.1. The molecule has 0 radical (unpaired) electrons. The lowest BCUT2D eigenvalue weighted by Crippen LogP contribution is -2.25. The zero-order valence-electron chi connectivity index (χ0n) is 11.3. The fourth-order valence-electron chi connectivity index (χ4n) is 1.89. The molecule has 0 heterocycles. The summed E-state index contributed by atoms with van der Waals surface area (Å²) in [6.07, 6.45) is 7.24. The van der Waals surface area contributed by atoms with E-state index in [0.717, 1.165) is 50.9 Å². The number of hydrogen-bond donors (Lipinski definition) is 2. The van der Waals surface area contributed by atoms with Crippen LogP contribution >= 0.6 is 0 Å². The lowest BCUT2D eigenvalue weighted by Gasteiger charge is -2.17. The Morgan fingerprint density at radius 2 is 1.19 bits per heavy atom. The Balaban J connectivity index is 3.43. The zero-order valence-corrected chi connectivity index (χ0v) is 11.3. The van der Waals surface area contributed by atoms with Gasteiger partial charge in [0, 0.05) is 0 Å². The summed E-state index contributed by atoms with van der Waals surface area (Å²) in [5.74, 6) is 0.742. The average Bonchev–Trinajstić information content (AvgIpc) is 2.24. The maximum atomic E-state index is 9.73. The first-order valence-electron chi connectivity index (χ1n) is 6.94. The fourth-order valence-corrected chi connectivity index (χ4v) is 1.89. The van der Waals surface area contributed by atoms with Gasteiger partial charge >= 0.3 is 0 Å². The molecule has 0 saturated carbocycles. The summed E-state index contributed by atoms with van der Waals surface area (Å²) >= 11 is 0. The molecule has 0 aliphatic rings. The highest BCUT2D eigenvalue weighted by Gasteiger charge is 2.14. The van der Waals surface area contributed by atoms with E-state index < -0.39 is 12.2 Å². The van der Waals surface area contributed by atoms with Gasteiger partial charge in [-0.2, -0.15) is 0 Å². The van der Waals surface area contributed by atoms with Gasteiger partial charge in [-0.15, -0.1) is 0 Å². The number of hydrogen-bond acceptors (Lipinski definition) is 2. The second-order valence-electron chi connectivity index (χ2n) is 5.31. The van der Waals surface area contributed by atoms with E-state index in [1.165, 1.54) is 6.42 Å². The van der Waals surface area contributed by atoms with Gasteiger partial charge in [0.2, 0.25) is 0 Å². The van der Waals surface area contributed by atoms with Crippen LogP contribution in [0.15, 0.2) is 0 Å². The molecule has 0 rings (SSSR count). The van der Waals surface area contributed by atoms with Crippen molar-refractivity contribution < 1.29 is 10.2 Å². The molecule has 2 heteroatoms. The monoisotopic (exact) mass is 230 g/mol. The molecule has 0 aromatic rings. The molecule has 0 aliphatic carbocycles. The maximum Gasteiger partial charge on any atom is 0.0799 e. The molecule has 0 spiro atoms. The summed E-state index contributed by atoms with van der Waals surface area (Å²) in [6.45, 7) is 6.58. The van der Waals surface area contributed by atoms with Crippen LogP contribution in [0.3, 0.4) is 0 Å². The van der Waals surface area contributed by atoms with Crippen LogP contribution in [0.1, 0.15) is 72.1 Å². The molecular formula is C14H30O2. The van der Waals surface area contributed by atoms with Crippen molar-refractivity contribution in [3.05, 3.63) is 0 Å². The van der Waals surface area contributed by atoms with Crippen molar-refractivity contribution in [3.8, 4) is 0 Å². The predicted octanol–water partition coefficient (Wildman–Crippen LogP) is 3.50. The van der Waals surface area contributed by atoms with Gasteiger partial charge in [0.25, 0.3) is 0 Å². The predicted molar refractivity (Wildman–Crippen MR) is 69.5 cm³/mol. The summed E-state index contributed by atoms with van der Waals surface area (Å²) in [4.78, 5) is 0. The van der Waals surface area contributed by atoms with Gasteiger partial charge in [-0.05, 0) is 18.8 Å². The second-order valence-corrected chi connectivity index (χ2v) is 5.31. The quantitative estimate of drug-likeness (QED) is 0.564. The Morgan fingerprint density at radius 3 is 1.62 bits per heavy atom. The molecule has 0 aromatic carbocycles. The molecule has 2 unspecified atom stereocenters. The molecule has 2 nitrogen and oxygen atoms in total. The van der Waals surface area contributed by atoms with Gasteiger partial charge in [0.15, 0.2) is 0 Å². The van der Waals surface area contributed by atoms with E-state index in [2.05, 4.69) is 20.8 Å². The first-order chi connectivity index (χ1) is 7.57. The normalized spacial score (nSPS) is 15.4. The fraction of sp³-hybridized carbons (Fsp3) is 1.00. The lowest BCUT2D eigenvalue weighted by atomic mass is 9.99. The smallest absolute Gasteiger partial charge is 0.0799 e. The van der Waals surface area contributed by atoms with E-state index in [1.807, 2.05) is 0 Å². The van der Waals surface area contributed by atoms with Gasteiger partial charge in [0.05, 0.1) is 12.2 Å². The van der Waals surface area contributed by atoms with Crippen LogP contribution in [-0.2, 0) is 0 Å². The average molecular weight is 230 g/mol. The Hall–Kier alpha value is -0.0800. The van der Waals surface area contributed by atoms with Crippen molar-refractivity contribution in [3.63, 3.8) is 0 Å². The lowest BCUT2D eigenvalue weighted by molar-refractivity contribution is 0.00709. The van der Waals surface area contributed by atoms with Crippen molar-refractivity contribution in [2.45, 2.75) is 84.3 Å². The first-order valence-corrected chi connectivity index (χ1v) is 6.94. The molecule has 0 fully saturated rings. The molecule has 2 atom stereocenters. The number of unbranched alkanes of at least 4 members (excludes halogenated alkanes) is 3. The minimum Gasteiger partial charge on any atom is -0.390 e. The van der Waals surface area contributed by atoms with Crippen LogP contribution in [0.25, 0.3) is 0 Å². The van der Waals surface area contributed by atoms with E-state index in [1.54, 1.807) is 0 Å². The molecule has 0 saturated heterocycles. The Kier molecular flexibility index (Phi) is 10.0. The Bertz CT molecular complexity index is 146. The SMILES string of the molecule is CCCCCC(O)C(O)CCCCC(C)C. The highest BCUT2D eigenvalue weighted by atomic mass is 16.3. The van der Waals surface area contributed by atoms with Gasteiger partial charge in [-0.3, -0.25) is 0 Å². The summed E-state index contributed by atoms with van der Waals surface area (Å²) in [5.41, 5.74) is 0. The maximum absolute atomic E-state index is 9.73. The third kappa shape index (κ3) is 9.17. The van der Waals surface area contributed by atoms with Crippen molar-refractivity contribution in [1.29, 1.82) is 0 Å². The molecule has 0 aromatic heterocycles. The molecule has 0 amide bonds. The minimum atomic E-state index is -0.510. The van der Waals surface area contributed by atoms with Crippen molar-refractivity contribution >= 4 is 0 Å². The van der Waals surface area contributed by atoms with Crippen LogP contribution in [0.4, 0.5) is 0 Å². The number of aliphatic hydroxyl groups is 2. The largest absolute Gasteiger partial charge is 0.390 e. The third-order valence-corrected chi connectivity index (χ3v) is 3.08. The van der Waals surface area contributed by atoms with E-state index in [0.29, 0.717) is 0 Å². The van der Waals surface area contributed by atoms with Gasteiger partial charge in [-0.25, -0.2) is 0 Å². The summed E-state index contributed by atoms with van der Waals surface area (Å²) < 4.78 is 0. The molecule has 0 aliphatic heterocycles. The standard InChI is InChI=1S/C14H30O2/c1-4-5-6-10-13(15)14(16)11-8-7-9-12(2)3/h12-16H,4-11H2,1-3H3. The van der Waals surface area contributed by atoms with Crippen molar-refractivity contribution in [2.24, 2.45) is 5.92 Å². The van der Waals surface area contributed by atoms with E-state index in [4.69, 9.17) is 0 Å². The third-order valence-electron chi connectivity index (χ3n) is 3.08. The van der Waals surface area contributed by atoms with E-state index in [-0.39, 0.29) is 0 Å². The van der Waals surface area contributed by atoms with E-state index >= 15 is 0 Å². The molecule has 2 N–H and O–H groups in total. The van der Waals surface area contributed by atoms with Crippen LogP contribution < -0.4 is 0 Å². The molecular weight excluding hydrogens is 200 g/mol. The summed E-state index contributed by atoms with van der Waals surface area (Å²) in [6, 6.07) is 0. The van der Waals surface area contributed by atoms with Gasteiger partial charge < -0.3 is 10.2 Å². The molecule has 0 bridgehead atoms. The van der Waals surface area contributed by atoms with E-state index in [9.17, 15) is 10.2 Å². The molecule has 16 heavy (non-hydrogen) atoms. The van der Waals surface area contributed by atoms with Crippen LogP contribution in [-0.4, -0.2) is 22.4 Å².